The lowest BCUT2D eigenvalue weighted by molar-refractivity contribution is 0.241. The standard InChI is InChI=1S/C13H12N2O3/c1-8(2)18-12-6-10(11-4-3-5-17-11)15-13(16)9(12)7-14/h3-6,8H,1-2H3,(H,15,16). The van der Waals surface area contributed by atoms with Crippen LogP contribution < -0.4 is 10.3 Å². The first kappa shape index (κ1) is 12.0. The van der Waals surface area contributed by atoms with Crippen molar-refractivity contribution in [2.45, 2.75) is 20.0 Å². The van der Waals surface area contributed by atoms with E-state index in [0.29, 0.717) is 11.5 Å². The van der Waals surface area contributed by atoms with Crippen molar-refractivity contribution in [2.75, 3.05) is 0 Å². The van der Waals surface area contributed by atoms with Gasteiger partial charge in [-0.05, 0) is 26.0 Å². The predicted molar refractivity (Wildman–Crippen MR) is 65.2 cm³/mol. The molecule has 0 fully saturated rings. The summed E-state index contributed by atoms with van der Waals surface area (Å²) >= 11 is 0. The number of H-pyrrole nitrogens is 1. The Kier molecular flexibility index (Phi) is 3.20. The molecule has 18 heavy (non-hydrogen) atoms. The third-order valence-electron chi connectivity index (χ3n) is 2.26. The van der Waals surface area contributed by atoms with Crippen LogP contribution in [0.25, 0.3) is 11.5 Å². The molecule has 2 rings (SSSR count). The Labute approximate surface area is 104 Å². The molecule has 0 unspecified atom stereocenters. The van der Waals surface area contributed by atoms with Gasteiger partial charge in [-0.25, -0.2) is 0 Å². The van der Waals surface area contributed by atoms with Crippen LogP contribution in [-0.2, 0) is 0 Å². The summed E-state index contributed by atoms with van der Waals surface area (Å²) in [6.07, 6.45) is 1.39. The maximum atomic E-state index is 11.8. The lowest BCUT2D eigenvalue weighted by atomic mass is 10.2. The Morgan fingerprint density at radius 3 is 2.83 bits per heavy atom. The van der Waals surface area contributed by atoms with Gasteiger partial charge < -0.3 is 14.1 Å². The summed E-state index contributed by atoms with van der Waals surface area (Å²) in [6.45, 7) is 3.66. The smallest absolute Gasteiger partial charge is 0.270 e. The molecule has 0 spiro atoms. The highest BCUT2D eigenvalue weighted by atomic mass is 16.5. The molecule has 0 atom stereocenters. The molecule has 0 bridgehead atoms. The van der Waals surface area contributed by atoms with E-state index in [1.165, 1.54) is 6.26 Å². The predicted octanol–water partition coefficient (Wildman–Crippen LogP) is 2.29. The molecule has 0 aromatic carbocycles. The molecule has 2 aromatic rings. The van der Waals surface area contributed by atoms with Crippen LogP contribution >= 0.6 is 0 Å². The van der Waals surface area contributed by atoms with Crippen molar-refractivity contribution >= 4 is 0 Å². The maximum absolute atomic E-state index is 11.8. The monoisotopic (exact) mass is 244 g/mol. The summed E-state index contributed by atoms with van der Waals surface area (Å²) in [6, 6.07) is 6.87. The second kappa shape index (κ2) is 4.80. The fourth-order valence-electron chi connectivity index (χ4n) is 1.55. The summed E-state index contributed by atoms with van der Waals surface area (Å²) in [5.74, 6) is 0.785. The summed E-state index contributed by atoms with van der Waals surface area (Å²) in [4.78, 5) is 14.4. The van der Waals surface area contributed by atoms with Crippen LogP contribution in [0.1, 0.15) is 19.4 Å². The van der Waals surface area contributed by atoms with Crippen LogP contribution in [0, 0.1) is 11.3 Å². The molecule has 0 aliphatic carbocycles. The number of aromatic amines is 1. The SMILES string of the molecule is CC(C)Oc1cc(-c2ccco2)[nH]c(=O)c1C#N. The molecule has 5 heteroatoms. The Morgan fingerprint density at radius 2 is 2.28 bits per heavy atom. The minimum absolute atomic E-state index is 0.0287. The molecule has 0 aliphatic heterocycles. The Morgan fingerprint density at radius 1 is 1.50 bits per heavy atom. The molecule has 2 heterocycles. The number of nitrogens with one attached hydrogen (secondary N) is 1. The lowest BCUT2D eigenvalue weighted by Crippen LogP contribution is -2.16. The molecule has 92 valence electrons. The molecular weight excluding hydrogens is 232 g/mol. The average Bonchev–Trinajstić information content (AvgIpc) is 2.81. The zero-order valence-corrected chi connectivity index (χ0v) is 10.1. The van der Waals surface area contributed by atoms with E-state index in [-0.39, 0.29) is 17.4 Å². The first-order valence-electron chi connectivity index (χ1n) is 5.49. The number of rotatable bonds is 3. The fraction of sp³-hybridized carbons (Fsp3) is 0.231. The van der Waals surface area contributed by atoms with Crippen molar-refractivity contribution in [2.24, 2.45) is 0 Å². The molecular formula is C13H12N2O3. The van der Waals surface area contributed by atoms with Crippen molar-refractivity contribution in [3.63, 3.8) is 0 Å². The van der Waals surface area contributed by atoms with Crippen LogP contribution in [0.4, 0.5) is 0 Å². The van der Waals surface area contributed by atoms with Crippen LogP contribution in [0.15, 0.2) is 33.7 Å². The highest BCUT2D eigenvalue weighted by Gasteiger charge is 2.13. The van der Waals surface area contributed by atoms with Crippen molar-refractivity contribution in [3.8, 4) is 23.3 Å². The van der Waals surface area contributed by atoms with E-state index in [0.717, 1.165) is 0 Å². The summed E-state index contributed by atoms with van der Waals surface area (Å²) < 4.78 is 10.7. The molecule has 0 saturated heterocycles. The normalized spacial score (nSPS) is 10.3. The van der Waals surface area contributed by atoms with E-state index in [1.807, 2.05) is 19.9 Å². The minimum atomic E-state index is -0.484. The molecule has 0 aliphatic rings. The third-order valence-corrected chi connectivity index (χ3v) is 2.26. The number of hydrogen-bond donors (Lipinski definition) is 1. The number of nitrogens with zero attached hydrogens (tertiary/aromatic N) is 1. The van der Waals surface area contributed by atoms with Gasteiger partial charge in [0.15, 0.2) is 5.56 Å². The molecule has 1 N–H and O–H groups in total. The van der Waals surface area contributed by atoms with E-state index in [4.69, 9.17) is 14.4 Å². The summed E-state index contributed by atoms with van der Waals surface area (Å²) in [5, 5.41) is 8.96. The zero-order chi connectivity index (χ0) is 13.1. The quantitative estimate of drug-likeness (QED) is 0.898. The number of furan rings is 1. The number of pyridine rings is 1. The van der Waals surface area contributed by atoms with Crippen molar-refractivity contribution < 1.29 is 9.15 Å². The largest absolute Gasteiger partial charge is 0.489 e. The first-order chi connectivity index (χ1) is 8.61. The highest BCUT2D eigenvalue weighted by molar-refractivity contribution is 5.57. The third kappa shape index (κ3) is 2.28. The maximum Gasteiger partial charge on any atom is 0.270 e. The van der Waals surface area contributed by atoms with Crippen molar-refractivity contribution in [3.05, 3.63) is 40.4 Å². The number of ether oxygens (including phenoxy) is 1. The summed E-state index contributed by atoms with van der Waals surface area (Å²) in [7, 11) is 0. The molecule has 2 aromatic heterocycles. The minimum Gasteiger partial charge on any atom is -0.489 e. The van der Waals surface area contributed by atoms with E-state index in [2.05, 4.69) is 4.98 Å². The van der Waals surface area contributed by atoms with Gasteiger partial charge in [0.1, 0.15) is 17.6 Å². The van der Waals surface area contributed by atoms with Crippen LogP contribution in [-0.4, -0.2) is 11.1 Å². The van der Waals surface area contributed by atoms with E-state index >= 15 is 0 Å². The average molecular weight is 244 g/mol. The Hall–Kier alpha value is -2.48. The van der Waals surface area contributed by atoms with Gasteiger partial charge in [0.2, 0.25) is 0 Å². The molecule has 0 amide bonds. The van der Waals surface area contributed by atoms with Gasteiger partial charge in [0.05, 0.1) is 18.1 Å². The second-order valence-corrected chi connectivity index (χ2v) is 4.01. The van der Waals surface area contributed by atoms with Crippen molar-refractivity contribution in [1.82, 2.24) is 4.98 Å². The van der Waals surface area contributed by atoms with Crippen LogP contribution in [0.2, 0.25) is 0 Å². The van der Waals surface area contributed by atoms with E-state index < -0.39 is 5.56 Å². The van der Waals surface area contributed by atoms with Gasteiger partial charge in [-0.3, -0.25) is 4.79 Å². The summed E-state index contributed by atoms with van der Waals surface area (Å²) in [5.41, 5.74) is -0.0271. The molecule has 0 saturated carbocycles. The van der Waals surface area contributed by atoms with Crippen LogP contribution in [0.3, 0.4) is 0 Å². The number of hydrogen-bond acceptors (Lipinski definition) is 4. The van der Waals surface area contributed by atoms with Crippen LogP contribution in [0.5, 0.6) is 5.75 Å². The fourth-order valence-corrected chi connectivity index (χ4v) is 1.55. The van der Waals surface area contributed by atoms with E-state index in [9.17, 15) is 4.79 Å². The number of nitriles is 1. The highest BCUT2D eigenvalue weighted by Crippen LogP contribution is 2.23. The van der Waals surface area contributed by atoms with Gasteiger partial charge >= 0.3 is 0 Å². The lowest BCUT2D eigenvalue weighted by Gasteiger charge is -2.11. The molecule has 0 radical (unpaired) electrons. The topological polar surface area (TPSA) is 79.0 Å². The molecule has 5 nitrogen and oxygen atoms in total. The first-order valence-corrected chi connectivity index (χ1v) is 5.49. The van der Waals surface area contributed by atoms with Crippen molar-refractivity contribution in [1.29, 1.82) is 5.26 Å². The Balaban J connectivity index is 2.57. The van der Waals surface area contributed by atoms with Gasteiger partial charge in [0, 0.05) is 6.07 Å². The van der Waals surface area contributed by atoms with Gasteiger partial charge in [-0.1, -0.05) is 0 Å². The number of aromatic nitrogens is 1. The van der Waals surface area contributed by atoms with Gasteiger partial charge in [-0.2, -0.15) is 5.26 Å². The second-order valence-electron chi connectivity index (χ2n) is 4.01. The van der Waals surface area contributed by atoms with Gasteiger partial charge in [-0.15, -0.1) is 0 Å². The van der Waals surface area contributed by atoms with E-state index in [1.54, 1.807) is 18.2 Å². The van der Waals surface area contributed by atoms with Gasteiger partial charge in [0.25, 0.3) is 5.56 Å². The zero-order valence-electron chi connectivity index (χ0n) is 10.1. The Bertz CT molecular complexity index is 633.